The largest absolute Gasteiger partial charge is 0.357 e. The Morgan fingerprint density at radius 2 is 1.85 bits per heavy atom. The molecule has 0 fully saturated rings. The van der Waals surface area contributed by atoms with Crippen molar-refractivity contribution in [1.82, 2.24) is 4.57 Å². The Bertz CT molecular complexity index is 413. The van der Waals surface area contributed by atoms with Gasteiger partial charge in [0, 0.05) is 19.4 Å². The fraction of sp³-hybridized carbons (Fsp3) is 0.167. The highest BCUT2D eigenvalue weighted by Gasteiger charge is 2.00. The van der Waals surface area contributed by atoms with E-state index in [2.05, 4.69) is 54.2 Å². The number of benzene rings is 1. The van der Waals surface area contributed by atoms with Crippen molar-refractivity contribution in [2.24, 2.45) is 7.05 Å². The Labute approximate surface area is 78.6 Å². The van der Waals surface area contributed by atoms with Crippen molar-refractivity contribution in [3.8, 4) is 11.1 Å². The zero-order valence-corrected chi connectivity index (χ0v) is 7.99. The summed E-state index contributed by atoms with van der Waals surface area (Å²) in [5, 5.41) is 0. The summed E-state index contributed by atoms with van der Waals surface area (Å²) in [6.45, 7) is 2.14. The average molecular weight is 171 g/mol. The van der Waals surface area contributed by atoms with Crippen LogP contribution >= 0.6 is 0 Å². The Hall–Kier alpha value is -1.50. The van der Waals surface area contributed by atoms with E-state index in [1.807, 2.05) is 7.05 Å². The third-order valence-corrected chi connectivity index (χ3v) is 2.29. The minimum absolute atomic E-state index is 1.29. The third kappa shape index (κ3) is 1.50. The van der Waals surface area contributed by atoms with Gasteiger partial charge in [-0.1, -0.05) is 24.3 Å². The van der Waals surface area contributed by atoms with Gasteiger partial charge in [-0.2, -0.15) is 0 Å². The van der Waals surface area contributed by atoms with Crippen molar-refractivity contribution >= 4 is 0 Å². The first-order valence-electron chi connectivity index (χ1n) is 4.45. The molecule has 2 rings (SSSR count). The average Bonchev–Trinajstić information content (AvgIpc) is 2.53. The van der Waals surface area contributed by atoms with Crippen molar-refractivity contribution < 1.29 is 0 Å². The first-order valence-corrected chi connectivity index (χ1v) is 4.45. The smallest absolute Gasteiger partial charge is 0.0110 e. The number of hydrogen-bond acceptors (Lipinski definition) is 0. The van der Waals surface area contributed by atoms with Gasteiger partial charge in [0.15, 0.2) is 0 Å². The van der Waals surface area contributed by atoms with E-state index in [1.165, 1.54) is 16.7 Å². The first-order chi connectivity index (χ1) is 6.27. The molecule has 0 aliphatic carbocycles. The molecule has 1 aromatic carbocycles. The number of hydrogen-bond donors (Lipinski definition) is 0. The molecule has 0 bridgehead atoms. The predicted octanol–water partition coefficient (Wildman–Crippen LogP) is 3.00. The quantitative estimate of drug-likeness (QED) is 0.621. The van der Waals surface area contributed by atoms with Gasteiger partial charge in [0.1, 0.15) is 0 Å². The fourth-order valence-electron chi connectivity index (χ4n) is 1.56. The van der Waals surface area contributed by atoms with Crippen LogP contribution in [-0.2, 0) is 7.05 Å². The molecule has 2 aromatic rings. The SMILES string of the molecule is Cc1ccccc1-c1ccn(C)c1. The van der Waals surface area contributed by atoms with Gasteiger partial charge in [-0.05, 0) is 29.7 Å². The van der Waals surface area contributed by atoms with Crippen molar-refractivity contribution in [3.05, 3.63) is 48.3 Å². The molecule has 0 aliphatic rings. The highest BCUT2D eigenvalue weighted by molar-refractivity contribution is 5.66. The van der Waals surface area contributed by atoms with E-state index in [1.54, 1.807) is 0 Å². The molecule has 0 saturated heterocycles. The Balaban J connectivity index is 2.52. The Kier molecular flexibility index (Phi) is 1.93. The molecule has 0 saturated carbocycles. The van der Waals surface area contributed by atoms with Crippen LogP contribution in [0, 0.1) is 6.92 Å². The summed E-state index contributed by atoms with van der Waals surface area (Å²) in [5.41, 5.74) is 3.94. The van der Waals surface area contributed by atoms with Crippen LogP contribution in [0.25, 0.3) is 11.1 Å². The van der Waals surface area contributed by atoms with Gasteiger partial charge >= 0.3 is 0 Å². The lowest BCUT2D eigenvalue weighted by Gasteiger charge is -2.01. The van der Waals surface area contributed by atoms with E-state index in [0.29, 0.717) is 0 Å². The molecule has 0 amide bonds. The highest BCUT2D eigenvalue weighted by Crippen LogP contribution is 2.22. The summed E-state index contributed by atoms with van der Waals surface area (Å²) in [7, 11) is 2.04. The molecule has 1 nitrogen and oxygen atoms in total. The number of aromatic nitrogens is 1. The summed E-state index contributed by atoms with van der Waals surface area (Å²) in [4.78, 5) is 0. The molecular weight excluding hydrogens is 158 g/mol. The van der Waals surface area contributed by atoms with Crippen LogP contribution in [0.3, 0.4) is 0 Å². The van der Waals surface area contributed by atoms with Gasteiger partial charge < -0.3 is 4.57 Å². The molecular formula is C12H13N. The molecule has 0 aliphatic heterocycles. The maximum atomic E-state index is 2.16. The minimum atomic E-state index is 1.29. The lowest BCUT2D eigenvalue weighted by atomic mass is 10.0. The molecule has 0 radical (unpaired) electrons. The molecule has 0 unspecified atom stereocenters. The lowest BCUT2D eigenvalue weighted by Crippen LogP contribution is -1.81. The van der Waals surface area contributed by atoms with Gasteiger partial charge in [-0.3, -0.25) is 0 Å². The van der Waals surface area contributed by atoms with E-state index in [-0.39, 0.29) is 0 Å². The summed E-state index contributed by atoms with van der Waals surface area (Å²) >= 11 is 0. The maximum Gasteiger partial charge on any atom is 0.0110 e. The summed E-state index contributed by atoms with van der Waals surface area (Å²) in [5.74, 6) is 0. The summed E-state index contributed by atoms with van der Waals surface area (Å²) < 4.78 is 2.07. The molecule has 13 heavy (non-hydrogen) atoms. The highest BCUT2D eigenvalue weighted by atomic mass is 14.9. The lowest BCUT2D eigenvalue weighted by molar-refractivity contribution is 0.928. The minimum Gasteiger partial charge on any atom is -0.357 e. The van der Waals surface area contributed by atoms with Gasteiger partial charge in [0.05, 0.1) is 0 Å². The van der Waals surface area contributed by atoms with Gasteiger partial charge in [0.2, 0.25) is 0 Å². The van der Waals surface area contributed by atoms with Gasteiger partial charge in [-0.25, -0.2) is 0 Å². The van der Waals surface area contributed by atoms with E-state index in [9.17, 15) is 0 Å². The molecule has 0 N–H and O–H groups in total. The first kappa shape index (κ1) is 8.11. The normalized spacial score (nSPS) is 10.3. The fourth-order valence-corrected chi connectivity index (χ4v) is 1.56. The standard InChI is InChI=1S/C12H13N/c1-10-5-3-4-6-12(10)11-7-8-13(2)9-11/h3-9H,1-2H3. The van der Waals surface area contributed by atoms with Crippen molar-refractivity contribution in [3.63, 3.8) is 0 Å². The van der Waals surface area contributed by atoms with Crippen LogP contribution in [0.1, 0.15) is 5.56 Å². The monoisotopic (exact) mass is 171 g/mol. The topological polar surface area (TPSA) is 4.93 Å². The van der Waals surface area contributed by atoms with Crippen LogP contribution in [0.2, 0.25) is 0 Å². The van der Waals surface area contributed by atoms with Crippen LogP contribution < -0.4 is 0 Å². The van der Waals surface area contributed by atoms with E-state index < -0.39 is 0 Å². The molecule has 1 heteroatoms. The molecule has 1 aromatic heterocycles. The second-order valence-electron chi connectivity index (χ2n) is 3.38. The zero-order chi connectivity index (χ0) is 9.26. The Morgan fingerprint density at radius 1 is 1.08 bits per heavy atom. The van der Waals surface area contributed by atoms with E-state index >= 15 is 0 Å². The Morgan fingerprint density at radius 3 is 2.46 bits per heavy atom. The maximum absolute atomic E-state index is 2.16. The molecule has 66 valence electrons. The van der Waals surface area contributed by atoms with E-state index in [4.69, 9.17) is 0 Å². The van der Waals surface area contributed by atoms with Crippen molar-refractivity contribution in [2.75, 3.05) is 0 Å². The van der Waals surface area contributed by atoms with E-state index in [0.717, 1.165) is 0 Å². The van der Waals surface area contributed by atoms with Crippen molar-refractivity contribution in [2.45, 2.75) is 6.92 Å². The zero-order valence-electron chi connectivity index (χ0n) is 7.99. The molecule has 1 heterocycles. The number of aryl methyl sites for hydroxylation is 2. The summed E-state index contributed by atoms with van der Waals surface area (Å²) in [6.07, 6.45) is 4.21. The summed E-state index contributed by atoms with van der Waals surface area (Å²) in [6, 6.07) is 10.6. The predicted molar refractivity (Wildman–Crippen MR) is 55.6 cm³/mol. The molecule has 0 spiro atoms. The second kappa shape index (κ2) is 3.09. The van der Waals surface area contributed by atoms with Crippen LogP contribution in [-0.4, -0.2) is 4.57 Å². The van der Waals surface area contributed by atoms with Gasteiger partial charge in [-0.15, -0.1) is 0 Å². The number of rotatable bonds is 1. The van der Waals surface area contributed by atoms with Crippen LogP contribution in [0.5, 0.6) is 0 Å². The molecule has 0 atom stereocenters. The van der Waals surface area contributed by atoms with Crippen molar-refractivity contribution in [1.29, 1.82) is 0 Å². The van der Waals surface area contributed by atoms with Crippen LogP contribution in [0.15, 0.2) is 42.7 Å². The number of nitrogens with zero attached hydrogens (tertiary/aromatic N) is 1. The second-order valence-corrected chi connectivity index (χ2v) is 3.38. The van der Waals surface area contributed by atoms with Gasteiger partial charge in [0.25, 0.3) is 0 Å². The third-order valence-electron chi connectivity index (χ3n) is 2.29. The van der Waals surface area contributed by atoms with Crippen LogP contribution in [0.4, 0.5) is 0 Å².